The van der Waals surface area contributed by atoms with Gasteiger partial charge in [0, 0.05) is 43.1 Å². The lowest BCUT2D eigenvalue weighted by atomic mass is 9.85. The maximum atomic E-state index is 13.2. The van der Waals surface area contributed by atoms with E-state index in [4.69, 9.17) is 9.47 Å². The lowest BCUT2D eigenvalue weighted by Crippen LogP contribution is -2.39. The molecule has 1 aromatic heterocycles. The van der Waals surface area contributed by atoms with Crippen molar-refractivity contribution >= 4 is 15.6 Å². The van der Waals surface area contributed by atoms with Crippen LogP contribution in [0.5, 0.6) is 0 Å². The first-order valence-corrected chi connectivity index (χ1v) is 13.3. The quantitative estimate of drug-likeness (QED) is 0.595. The molecule has 0 amide bonds. The zero-order valence-corrected chi connectivity index (χ0v) is 21.8. The first-order valence-electron chi connectivity index (χ1n) is 11.9. The highest BCUT2D eigenvalue weighted by molar-refractivity contribution is 7.90. The van der Waals surface area contributed by atoms with Gasteiger partial charge in [0.1, 0.15) is 17.9 Å². The summed E-state index contributed by atoms with van der Waals surface area (Å²) >= 11 is 0. The van der Waals surface area contributed by atoms with Crippen molar-refractivity contribution in [2.45, 2.75) is 50.3 Å². The molecule has 0 bridgehead atoms. The Hall–Kier alpha value is -3.54. The van der Waals surface area contributed by atoms with Crippen LogP contribution in [0.25, 0.3) is 5.57 Å². The number of fused-ring (bicyclic) bond motifs is 2. The molecule has 0 radical (unpaired) electrons. The minimum Gasteiger partial charge on any atom is -0.498 e. The number of aryl methyl sites for hydroxylation is 1. The molecular weight excluding hydrogens is 474 g/mol. The molecule has 3 atom stereocenters. The summed E-state index contributed by atoms with van der Waals surface area (Å²) in [6.45, 7) is 6.09. The largest absolute Gasteiger partial charge is 0.498 e. The van der Waals surface area contributed by atoms with Gasteiger partial charge in [0.05, 0.1) is 29.3 Å². The monoisotopic (exact) mass is 503 g/mol. The Kier molecular flexibility index (Phi) is 5.93. The normalized spacial score (nSPS) is 23.7. The second kappa shape index (κ2) is 8.84. The van der Waals surface area contributed by atoms with Gasteiger partial charge < -0.3 is 14.4 Å². The third-order valence-corrected chi connectivity index (χ3v) is 8.95. The minimum atomic E-state index is -3.75. The summed E-state index contributed by atoms with van der Waals surface area (Å²) in [6.07, 6.45) is 7.85. The van der Waals surface area contributed by atoms with Crippen LogP contribution in [0, 0.1) is 18.3 Å². The van der Waals surface area contributed by atoms with Crippen molar-refractivity contribution in [3.05, 3.63) is 94.2 Å². The molecule has 3 unspecified atom stereocenters. The van der Waals surface area contributed by atoms with Gasteiger partial charge >= 0.3 is 0 Å². The molecule has 5 rings (SSSR count). The fraction of sp³-hybridized carbons (Fsp3) is 0.321. The number of methoxy groups -OCH3 is 2. The Morgan fingerprint density at radius 1 is 1.11 bits per heavy atom. The maximum absolute atomic E-state index is 13.2. The summed E-state index contributed by atoms with van der Waals surface area (Å²) in [5.74, 6) is 0.723. The molecule has 2 aromatic rings. The Labute approximate surface area is 212 Å². The van der Waals surface area contributed by atoms with Gasteiger partial charge in [-0.3, -0.25) is 0 Å². The number of hydrogen-bond donors (Lipinski definition) is 0. The number of ether oxygens (including phenoxy) is 2. The molecule has 0 spiro atoms. The van der Waals surface area contributed by atoms with Gasteiger partial charge in [0.25, 0.3) is 10.0 Å². The Bertz CT molecular complexity index is 1500. The van der Waals surface area contributed by atoms with Gasteiger partial charge in [0.15, 0.2) is 0 Å². The van der Waals surface area contributed by atoms with E-state index in [9.17, 15) is 13.7 Å². The molecular formula is C28H29N3O4S. The third-order valence-electron chi connectivity index (χ3n) is 7.30. The van der Waals surface area contributed by atoms with E-state index in [2.05, 4.69) is 30.9 Å². The summed E-state index contributed by atoms with van der Waals surface area (Å²) in [4.78, 5) is 2.45. The fourth-order valence-electron chi connectivity index (χ4n) is 5.52. The highest BCUT2D eigenvalue weighted by Crippen LogP contribution is 2.48. The van der Waals surface area contributed by atoms with Crippen LogP contribution in [0.4, 0.5) is 0 Å². The number of rotatable bonds is 5. The van der Waals surface area contributed by atoms with Crippen molar-refractivity contribution in [1.82, 2.24) is 8.87 Å². The third kappa shape index (κ3) is 3.62. The zero-order chi connectivity index (χ0) is 25.8. The maximum Gasteiger partial charge on any atom is 0.267 e. The lowest BCUT2D eigenvalue weighted by Gasteiger charge is -2.39. The Morgan fingerprint density at radius 3 is 2.47 bits per heavy atom. The molecule has 8 heteroatoms. The Morgan fingerprint density at radius 2 is 1.83 bits per heavy atom. The SMILES string of the molecule is COC1=CC2=C3C(C#N)=C(c4ccn(S(=O)(=O)c5ccc(C)cc5)c4)C(C)N3C(C)C=C2CC1OC. The predicted molar refractivity (Wildman–Crippen MR) is 137 cm³/mol. The highest BCUT2D eigenvalue weighted by atomic mass is 32.2. The van der Waals surface area contributed by atoms with E-state index < -0.39 is 10.0 Å². The molecule has 2 aliphatic heterocycles. The van der Waals surface area contributed by atoms with Crippen molar-refractivity contribution < 1.29 is 17.9 Å². The van der Waals surface area contributed by atoms with Crippen molar-refractivity contribution in [1.29, 1.82) is 5.26 Å². The first kappa shape index (κ1) is 24.2. The molecule has 1 aromatic carbocycles. The summed E-state index contributed by atoms with van der Waals surface area (Å²) < 4.78 is 39.0. The minimum absolute atomic E-state index is 0.0583. The molecule has 1 aliphatic carbocycles. The van der Waals surface area contributed by atoms with Gasteiger partial charge in [-0.2, -0.15) is 5.26 Å². The van der Waals surface area contributed by atoms with Gasteiger partial charge in [-0.15, -0.1) is 0 Å². The van der Waals surface area contributed by atoms with Crippen LogP contribution in [-0.4, -0.2) is 49.7 Å². The van der Waals surface area contributed by atoms with E-state index >= 15 is 0 Å². The molecule has 36 heavy (non-hydrogen) atoms. The molecule has 0 fully saturated rings. The standard InChI is InChI=1S/C28H29N3O4S/c1-17-6-8-22(9-7-17)36(32,33)30-11-10-20(16-30)27-19(3)31-18(2)12-21-13-25(34-4)26(35-5)14-23(21)28(31)24(27)15-29/h6-12,14,16,18-19,25H,13H2,1-5H3. The van der Waals surface area contributed by atoms with Gasteiger partial charge in [-0.1, -0.05) is 23.8 Å². The van der Waals surface area contributed by atoms with Gasteiger partial charge in [-0.05, 0) is 56.2 Å². The molecule has 0 saturated carbocycles. The second-order valence-electron chi connectivity index (χ2n) is 9.41. The van der Waals surface area contributed by atoms with Crippen molar-refractivity contribution in [2.24, 2.45) is 0 Å². The predicted octanol–water partition coefficient (Wildman–Crippen LogP) is 4.55. The topological polar surface area (TPSA) is 84.6 Å². The number of allylic oxidation sites excluding steroid dienone is 3. The summed E-state index contributed by atoms with van der Waals surface area (Å²) in [5, 5.41) is 10.3. The van der Waals surface area contributed by atoms with Crippen molar-refractivity contribution in [3.8, 4) is 6.07 Å². The average Bonchev–Trinajstić information content (AvgIpc) is 3.47. The van der Waals surface area contributed by atoms with Crippen LogP contribution >= 0.6 is 0 Å². The molecule has 0 saturated heterocycles. The van der Waals surface area contributed by atoms with Crippen molar-refractivity contribution in [3.63, 3.8) is 0 Å². The van der Waals surface area contributed by atoms with E-state index in [1.807, 2.05) is 13.0 Å². The molecule has 3 aliphatic rings. The summed E-state index contributed by atoms with van der Waals surface area (Å²) in [6, 6.07) is 10.9. The smallest absolute Gasteiger partial charge is 0.267 e. The second-order valence-corrected chi connectivity index (χ2v) is 11.2. The highest BCUT2D eigenvalue weighted by Gasteiger charge is 2.42. The molecule has 3 heterocycles. The number of nitrogens with zero attached hydrogens (tertiary/aromatic N) is 3. The average molecular weight is 504 g/mol. The number of benzene rings is 1. The summed E-state index contributed by atoms with van der Waals surface area (Å²) in [5.41, 5.74) is 6.04. The number of hydrogen-bond acceptors (Lipinski definition) is 6. The van der Waals surface area contributed by atoms with Gasteiger partial charge in [0.2, 0.25) is 0 Å². The lowest BCUT2D eigenvalue weighted by molar-refractivity contribution is 0.0762. The van der Waals surface area contributed by atoms with E-state index in [1.165, 1.54) is 3.97 Å². The van der Waals surface area contributed by atoms with Crippen LogP contribution in [-0.2, 0) is 19.5 Å². The van der Waals surface area contributed by atoms with Crippen LogP contribution in [0.3, 0.4) is 0 Å². The molecule has 0 N–H and O–H groups in total. The Balaban J connectivity index is 1.64. The van der Waals surface area contributed by atoms with Crippen LogP contribution in [0.15, 0.2) is 87.9 Å². The van der Waals surface area contributed by atoms with E-state index in [1.54, 1.807) is 56.9 Å². The van der Waals surface area contributed by atoms with Crippen molar-refractivity contribution in [2.75, 3.05) is 14.2 Å². The molecule has 7 nitrogen and oxygen atoms in total. The molecule has 186 valence electrons. The summed E-state index contributed by atoms with van der Waals surface area (Å²) in [7, 11) is -0.452. The first-order chi connectivity index (χ1) is 17.2. The van der Waals surface area contributed by atoms with E-state index in [0.29, 0.717) is 17.6 Å². The van der Waals surface area contributed by atoms with Crippen LogP contribution < -0.4 is 0 Å². The number of nitriles is 1. The number of aromatic nitrogens is 1. The van der Waals surface area contributed by atoms with E-state index in [0.717, 1.165) is 33.7 Å². The van der Waals surface area contributed by atoms with Crippen LogP contribution in [0.2, 0.25) is 0 Å². The zero-order valence-electron chi connectivity index (χ0n) is 21.0. The van der Waals surface area contributed by atoms with E-state index in [-0.39, 0.29) is 23.1 Å². The van der Waals surface area contributed by atoms with Crippen LogP contribution in [0.1, 0.15) is 31.4 Å². The van der Waals surface area contributed by atoms with Gasteiger partial charge in [-0.25, -0.2) is 12.4 Å². The fourth-order valence-corrected chi connectivity index (χ4v) is 6.72.